The molecule has 0 amide bonds. The van der Waals surface area contributed by atoms with Gasteiger partial charge in [-0.25, -0.2) is 0 Å². The third-order valence-corrected chi connectivity index (χ3v) is 16.0. The van der Waals surface area contributed by atoms with E-state index < -0.39 is 5.41 Å². The Hall–Kier alpha value is -6.44. The lowest BCUT2D eigenvalue weighted by atomic mass is 9.48. The van der Waals surface area contributed by atoms with Gasteiger partial charge >= 0.3 is 0 Å². The molecule has 0 saturated heterocycles. The Balaban J connectivity index is 0.988. The summed E-state index contributed by atoms with van der Waals surface area (Å²) >= 11 is 0. The topological polar surface area (TPSA) is 3.24 Å². The molecule has 0 heterocycles. The molecule has 1 spiro atoms. The van der Waals surface area contributed by atoms with E-state index in [0.29, 0.717) is 5.41 Å². The third kappa shape index (κ3) is 5.27. The van der Waals surface area contributed by atoms with Gasteiger partial charge in [-0.2, -0.15) is 0 Å². The predicted molar refractivity (Wildman–Crippen MR) is 258 cm³/mol. The Morgan fingerprint density at radius 1 is 0.371 bits per heavy atom. The fraction of sp³-hybridized carbons (Fsp3) is 0.213. The monoisotopic (exact) mass is 797 g/mol. The van der Waals surface area contributed by atoms with E-state index in [1.54, 1.807) is 5.56 Å². The summed E-state index contributed by atoms with van der Waals surface area (Å²) in [5.74, 6) is 2.76. The second kappa shape index (κ2) is 13.5. The van der Waals surface area contributed by atoms with Crippen molar-refractivity contribution < 1.29 is 0 Å². The van der Waals surface area contributed by atoms with Crippen LogP contribution in [-0.4, -0.2) is 0 Å². The molecule has 1 nitrogen and oxygen atoms in total. The number of hydrogen-bond donors (Lipinski definition) is 0. The van der Waals surface area contributed by atoms with Crippen LogP contribution in [0.1, 0.15) is 77.5 Å². The lowest BCUT2D eigenvalue weighted by Gasteiger charge is -2.57. The van der Waals surface area contributed by atoms with Crippen molar-refractivity contribution in [2.45, 2.75) is 63.2 Å². The third-order valence-electron chi connectivity index (χ3n) is 16.0. The zero-order valence-corrected chi connectivity index (χ0v) is 35.7. The standard InChI is InChI=1S/C61H51N/c1-39-16-27-53-54-28-17-40(2)31-58(54)61(57(53)30-39)56-15-9-8-14-52(56)55-29-26-49(35-59(55)61)62(48-24-20-46(21-25-48)60-36-41-32-42(37-60)34-43(33-41)38-60)47-22-18-45(19-23-47)51-13-7-6-12-50(51)44-10-4-3-5-11-44/h3-31,35,41-43H,32-34,36-38H2,1-2H3. The van der Waals surface area contributed by atoms with E-state index in [0.717, 1.165) is 23.4 Å². The zero-order valence-electron chi connectivity index (χ0n) is 35.7. The molecule has 300 valence electrons. The van der Waals surface area contributed by atoms with Crippen molar-refractivity contribution in [3.63, 3.8) is 0 Å². The molecule has 6 aliphatic carbocycles. The van der Waals surface area contributed by atoms with Crippen LogP contribution in [-0.2, 0) is 10.8 Å². The Morgan fingerprint density at radius 3 is 1.39 bits per heavy atom. The normalized spacial score (nSPS) is 21.7. The molecule has 1 heteroatoms. The van der Waals surface area contributed by atoms with Gasteiger partial charge in [0.1, 0.15) is 0 Å². The number of benzene rings is 8. The molecule has 0 atom stereocenters. The summed E-state index contributed by atoms with van der Waals surface area (Å²) < 4.78 is 0. The van der Waals surface area contributed by atoms with Crippen LogP contribution in [0, 0.1) is 31.6 Å². The van der Waals surface area contributed by atoms with Crippen LogP contribution in [0.25, 0.3) is 44.5 Å². The molecule has 8 aromatic carbocycles. The second-order valence-electron chi connectivity index (χ2n) is 19.7. The SMILES string of the molecule is Cc1ccc2c(c1)C1(c3ccccc3-c3ccc(N(c4ccc(-c5ccccc5-c5ccccc5)cc4)c4ccc(C56CC7CC(CC(C7)C5)C6)cc4)cc31)c1cc(C)ccc1-2. The van der Waals surface area contributed by atoms with Gasteiger partial charge in [-0.05, 0) is 184 Å². The number of aryl methyl sites for hydroxylation is 2. The summed E-state index contributed by atoms with van der Waals surface area (Å²) in [5, 5.41) is 0. The number of nitrogens with zero attached hydrogens (tertiary/aromatic N) is 1. The minimum absolute atomic E-state index is 0.358. The first-order chi connectivity index (χ1) is 30.4. The molecule has 0 aliphatic heterocycles. The minimum atomic E-state index is -0.413. The first kappa shape index (κ1) is 36.2. The van der Waals surface area contributed by atoms with E-state index in [1.807, 2.05) is 0 Å². The summed E-state index contributed by atoms with van der Waals surface area (Å²) in [6.07, 6.45) is 8.54. The van der Waals surface area contributed by atoms with E-state index in [1.165, 1.54) is 128 Å². The lowest BCUT2D eigenvalue weighted by Crippen LogP contribution is -2.48. The molecule has 4 fully saturated rings. The van der Waals surface area contributed by atoms with Crippen molar-refractivity contribution in [1.29, 1.82) is 0 Å². The summed E-state index contributed by atoms with van der Waals surface area (Å²) in [6, 6.07) is 69.6. The molecule has 0 aromatic heterocycles. The van der Waals surface area contributed by atoms with E-state index in [-0.39, 0.29) is 0 Å². The molecule has 0 radical (unpaired) electrons. The van der Waals surface area contributed by atoms with Gasteiger partial charge in [0, 0.05) is 17.1 Å². The number of fused-ring (bicyclic) bond motifs is 10. The second-order valence-corrected chi connectivity index (χ2v) is 19.7. The average molecular weight is 798 g/mol. The Labute approximate surface area is 366 Å². The van der Waals surface area contributed by atoms with Gasteiger partial charge in [-0.15, -0.1) is 0 Å². The smallest absolute Gasteiger partial charge is 0.0726 e. The minimum Gasteiger partial charge on any atom is -0.310 e. The largest absolute Gasteiger partial charge is 0.310 e. The number of rotatable bonds is 6. The maximum absolute atomic E-state index is 2.55. The highest BCUT2D eigenvalue weighted by Crippen LogP contribution is 2.64. The first-order valence-corrected chi connectivity index (χ1v) is 23.1. The van der Waals surface area contributed by atoms with Gasteiger partial charge in [0.2, 0.25) is 0 Å². The lowest BCUT2D eigenvalue weighted by molar-refractivity contribution is -0.00518. The molecule has 4 bridgehead atoms. The Kier molecular flexibility index (Phi) is 7.91. The molecular formula is C61H51N. The van der Waals surface area contributed by atoms with Gasteiger partial charge < -0.3 is 4.90 Å². The molecule has 8 aromatic rings. The fourth-order valence-corrected chi connectivity index (χ4v) is 13.8. The summed E-state index contributed by atoms with van der Waals surface area (Å²) in [5.41, 5.74) is 23.5. The highest BCUT2D eigenvalue weighted by atomic mass is 15.1. The van der Waals surface area contributed by atoms with Crippen LogP contribution < -0.4 is 4.90 Å². The predicted octanol–water partition coefficient (Wildman–Crippen LogP) is 15.9. The van der Waals surface area contributed by atoms with Crippen molar-refractivity contribution in [3.05, 3.63) is 221 Å². The molecule has 6 aliphatic rings. The molecule has 0 unspecified atom stereocenters. The van der Waals surface area contributed by atoms with Gasteiger partial charge in [0.15, 0.2) is 0 Å². The summed E-state index contributed by atoms with van der Waals surface area (Å²) in [4.78, 5) is 2.52. The molecule has 62 heavy (non-hydrogen) atoms. The van der Waals surface area contributed by atoms with Crippen LogP contribution in [0.5, 0.6) is 0 Å². The summed E-state index contributed by atoms with van der Waals surface area (Å²) in [6.45, 7) is 4.49. The van der Waals surface area contributed by atoms with Crippen molar-refractivity contribution in [3.8, 4) is 44.5 Å². The van der Waals surface area contributed by atoms with E-state index >= 15 is 0 Å². The van der Waals surface area contributed by atoms with Crippen LogP contribution in [0.2, 0.25) is 0 Å². The van der Waals surface area contributed by atoms with Gasteiger partial charge in [0.05, 0.1) is 5.41 Å². The van der Waals surface area contributed by atoms with Crippen molar-refractivity contribution >= 4 is 17.1 Å². The Morgan fingerprint density at radius 2 is 0.806 bits per heavy atom. The van der Waals surface area contributed by atoms with Crippen LogP contribution >= 0.6 is 0 Å². The van der Waals surface area contributed by atoms with Crippen molar-refractivity contribution in [2.75, 3.05) is 4.90 Å². The van der Waals surface area contributed by atoms with Crippen LogP contribution in [0.3, 0.4) is 0 Å². The van der Waals surface area contributed by atoms with Gasteiger partial charge in [-0.1, -0.05) is 157 Å². The average Bonchev–Trinajstić information content (AvgIpc) is 3.75. The highest BCUT2D eigenvalue weighted by molar-refractivity contribution is 5.96. The highest BCUT2D eigenvalue weighted by Gasteiger charge is 2.53. The van der Waals surface area contributed by atoms with Crippen LogP contribution in [0.4, 0.5) is 17.1 Å². The fourth-order valence-electron chi connectivity index (χ4n) is 13.8. The maximum Gasteiger partial charge on any atom is 0.0726 e. The van der Waals surface area contributed by atoms with Crippen molar-refractivity contribution in [1.82, 2.24) is 0 Å². The molecule has 0 N–H and O–H groups in total. The van der Waals surface area contributed by atoms with Gasteiger partial charge in [-0.3, -0.25) is 0 Å². The molecule has 4 saturated carbocycles. The van der Waals surface area contributed by atoms with Gasteiger partial charge in [0.25, 0.3) is 0 Å². The van der Waals surface area contributed by atoms with Crippen molar-refractivity contribution in [2.24, 2.45) is 17.8 Å². The quantitative estimate of drug-likeness (QED) is 0.162. The molecule has 14 rings (SSSR count). The van der Waals surface area contributed by atoms with E-state index in [2.05, 4.69) is 201 Å². The van der Waals surface area contributed by atoms with E-state index in [4.69, 9.17) is 0 Å². The number of anilines is 3. The number of hydrogen-bond acceptors (Lipinski definition) is 1. The maximum atomic E-state index is 2.55. The Bertz CT molecular complexity index is 2970. The van der Waals surface area contributed by atoms with E-state index in [9.17, 15) is 0 Å². The summed E-state index contributed by atoms with van der Waals surface area (Å²) in [7, 11) is 0. The first-order valence-electron chi connectivity index (χ1n) is 23.1. The zero-order chi connectivity index (χ0) is 41.2. The molecular weight excluding hydrogens is 747 g/mol. The van der Waals surface area contributed by atoms with Crippen LogP contribution in [0.15, 0.2) is 182 Å².